The maximum Gasteiger partial charge on any atom is 0.0971 e. The van der Waals surface area contributed by atoms with Gasteiger partial charge in [0, 0.05) is 26.1 Å². The molecule has 3 heteroatoms. The Labute approximate surface area is 168 Å². The molecule has 2 heterocycles. The third-order valence-corrected chi connectivity index (χ3v) is 7.70. The molecule has 0 N–H and O–H groups in total. The van der Waals surface area contributed by atoms with Crippen LogP contribution in [0, 0.1) is 11.8 Å². The second-order valence-electron chi connectivity index (χ2n) is 9.34. The molecule has 27 heavy (non-hydrogen) atoms. The Balaban J connectivity index is 2.10. The molecule has 3 nitrogen and oxygen atoms in total. The Bertz CT molecular complexity index is 388. The van der Waals surface area contributed by atoms with Gasteiger partial charge in [0.1, 0.15) is 0 Å². The summed E-state index contributed by atoms with van der Waals surface area (Å²) >= 11 is 0. The van der Waals surface area contributed by atoms with Crippen LogP contribution in [0.4, 0.5) is 0 Å². The van der Waals surface area contributed by atoms with Crippen molar-refractivity contribution >= 4 is 0 Å². The lowest BCUT2D eigenvalue weighted by molar-refractivity contribution is -0.203. The van der Waals surface area contributed by atoms with Gasteiger partial charge in [0.05, 0.1) is 23.4 Å². The van der Waals surface area contributed by atoms with Crippen molar-refractivity contribution in [1.29, 1.82) is 0 Å². The summed E-state index contributed by atoms with van der Waals surface area (Å²) in [5.74, 6) is 1.53. The van der Waals surface area contributed by atoms with Crippen LogP contribution in [0.25, 0.3) is 0 Å². The van der Waals surface area contributed by atoms with E-state index in [9.17, 15) is 0 Å². The third-order valence-electron chi connectivity index (χ3n) is 7.70. The monoisotopic (exact) mass is 382 g/mol. The number of ether oxygens (including phenoxy) is 3. The molecule has 0 aromatic carbocycles. The Hall–Kier alpha value is -0.120. The zero-order valence-corrected chi connectivity index (χ0v) is 19.0. The van der Waals surface area contributed by atoms with Gasteiger partial charge in [0.25, 0.3) is 0 Å². The highest BCUT2D eigenvalue weighted by Crippen LogP contribution is 2.45. The smallest absolute Gasteiger partial charge is 0.0971 e. The Morgan fingerprint density at radius 3 is 1.52 bits per heavy atom. The highest BCUT2D eigenvalue weighted by molar-refractivity contribution is 5.01. The third kappa shape index (κ3) is 5.48. The van der Waals surface area contributed by atoms with Crippen LogP contribution >= 0.6 is 0 Å². The van der Waals surface area contributed by atoms with Gasteiger partial charge in [-0.25, -0.2) is 0 Å². The molecule has 160 valence electrons. The van der Waals surface area contributed by atoms with Crippen LogP contribution in [0.5, 0.6) is 0 Å². The second kappa shape index (κ2) is 10.6. The molecular formula is C24H46O3. The van der Waals surface area contributed by atoms with E-state index in [1.807, 2.05) is 0 Å². The van der Waals surface area contributed by atoms with Gasteiger partial charge in [0.2, 0.25) is 0 Å². The zero-order valence-electron chi connectivity index (χ0n) is 19.0. The van der Waals surface area contributed by atoms with Gasteiger partial charge < -0.3 is 14.2 Å². The summed E-state index contributed by atoms with van der Waals surface area (Å²) in [5.41, 5.74) is -0.239. The zero-order chi connectivity index (χ0) is 19.9. The van der Waals surface area contributed by atoms with Crippen molar-refractivity contribution in [2.24, 2.45) is 11.8 Å². The molecule has 0 amide bonds. The van der Waals surface area contributed by atoms with Gasteiger partial charge >= 0.3 is 0 Å². The van der Waals surface area contributed by atoms with Crippen molar-refractivity contribution in [3.8, 4) is 0 Å². The quantitative estimate of drug-likeness (QED) is 0.384. The molecule has 2 aliphatic rings. The molecule has 6 atom stereocenters. The molecule has 0 aromatic rings. The molecule has 2 aliphatic heterocycles. The first kappa shape index (κ1) is 23.2. The van der Waals surface area contributed by atoms with Crippen LogP contribution in [0.1, 0.15) is 106 Å². The minimum atomic E-state index is -0.119. The fourth-order valence-electron chi connectivity index (χ4n) is 4.94. The topological polar surface area (TPSA) is 27.7 Å². The van der Waals surface area contributed by atoms with Crippen molar-refractivity contribution < 1.29 is 14.2 Å². The molecule has 0 radical (unpaired) electrons. The van der Waals surface area contributed by atoms with Crippen LogP contribution in [0.2, 0.25) is 0 Å². The summed E-state index contributed by atoms with van der Waals surface area (Å²) in [6.45, 7) is 15.5. The molecule has 0 aromatic heterocycles. The fraction of sp³-hybridized carbons (Fsp3) is 1.00. The Morgan fingerprint density at radius 2 is 1.19 bits per heavy atom. The lowest BCUT2D eigenvalue weighted by Gasteiger charge is -2.44. The fourth-order valence-corrected chi connectivity index (χ4v) is 4.94. The van der Waals surface area contributed by atoms with E-state index in [0.29, 0.717) is 0 Å². The molecule has 0 spiro atoms. The SMILES string of the molecule is CCC(C)CCC1OCCC1(CC)OC1(CC)CCOC1CCC(C)CC. The van der Waals surface area contributed by atoms with E-state index in [1.54, 1.807) is 0 Å². The van der Waals surface area contributed by atoms with Gasteiger partial charge in [-0.05, 0) is 50.4 Å². The summed E-state index contributed by atoms with van der Waals surface area (Å²) in [6.07, 6.45) is 11.9. The van der Waals surface area contributed by atoms with Crippen LogP contribution in [0.3, 0.4) is 0 Å². The van der Waals surface area contributed by atoms with Gasteiger partial charge in [-0.3, -0.25) is 0 Å². The molecule has 0 aliphatic carbocycles. The maximum absolute atomic E-state index is 7.15. The molecule has 0 bridgehead atoms. The van der Waals surface area contributed by atoms with Crippen molar-refractivity contribution in [3.05, 3.63) is 0 Å². The lowest BCUT2D eigenvalue weighted by atomic mass is 9.83. The first-order valence-corrected chi connectivity index (χ1v) is 11.9. The number of hydrogen-bond donors (Lipinski definition) is 0. The normalized spacial score (nSPS) is 36.2. The van der Waals surface area contributed by atoms with Crippen molar-refractivity contribution in [1.82, 2.24) is 0 Å². The van der Waals surface area contributed by atoms with E-state index in [2.05, 4.69) is 41.5 Å². The molecule has 2 fully saturated rings. The Kier molecular flexibility index (Phi) is 9.09. The van der Waals surface area contributed by atoms with E-state index >= 15 is 0 Å². The summed E-state index contributed by atoms with van der Waals surface area (Å²) in [4.78, 5) is 0. The lowest BCUT2D eigenvalue weighted by Crippen LogP contribution is -2.52. The molecule has 6 unspecified atom stereocenters. The summed E-state index contributed by atoms with van der Waals surface area (Å²) < 4.78 is 19.6. The predicted molar refractivity (Wildman–Crippen MR) is 113 cm³/mol. The van der Waals surface area contributed by atoms with E-state index in [1.165, 1.54) is 25.7 Å². The van der Waals surface area contributed by atoms with Crippen LogP contribution < -0.4 is 0 Å². The van der Waals surface area contributed by atoms with E-state index in [0.717, 1.165) is 63.6 Å². The number of rotatable bonds is 12. The van der Waals surface area contributed by atoms with Gasteiger partial charge in [-0.15, -0.1) is 0 Å². The van der Waals surface area contributed by atoms with Crippen LogP contribution in [-0.4, -0.2) is 36.6 Å². The largest absolute Gasteiger partial charge is 0.375 e. The van der Waals surface area contributed by atoms with Crippen LogP contribution in [-0.2, 0) is 14.2 Å². The van der Waals surface area contributed by atoms with Gasteiger partial charge in [0.15, 0.2) is 0 Å². The average Bonchev–Trinajstić information content (AvgIpc) is 3.28. The molecule has 2 saturated heterocycles. The van der Waals surface area contributed by atoms with Crippen molar-refractivity contribution in [2.75, 3.05) is 13.2 Å². The molecule has 0 saturated carbocycles. The second-order valence-corrected chi connectivity index (χ2v) is 9.34. The van der Waals surface area contributed by atoms with Crippen molar-refractivity contribution in [2.45, 2.75) is 129 Å². The first-order chi connectivity index (χ1) is 12.9. The van der Waals surface area contributed by atoms with Crippen molar-refractivity contribution in [3.63, 3.8) is 0 Å². The number of hydrogen-bond acceptors (Lipinski definition) is 3. The maximum atomic E-state index is 7.15. The summed E-state index contributed by atoms with van der Waals surface area (Å²) in [7, 11) is 0. The highest BCUT2D eigenvalue weighted by atomic mass is 16.6. The minimum Gasteiger partial charge on any atom is -0.375 e. The van der Waals surface area contributed by atoms with Gasteiger partial charge in [-0.1, -0.05) is 54.4 Å². The highest BCUT2D eigenvalue weighted by Gasteiger charge is 2.53. The summed E-state index contributed by atoms with van der Waals surface area (Å²) in [5, 5.41) is 0. The Morgan fingerprint density at radius 1 is 0.778 bits per heavy atom. The average molecular weight is 383 g/mol. The summed E-state index contributed by atoms with van der Waals surface area (Å²) in [6, 6.07) is 0. The van der Waals surface area contributed by atoms with E-state index in [4.69, 9.17) is 14.2 Å². The minimum absolute atomic E-state index is 0.119. The van der Waals surface area contributed by atoms with Gasteiger partial charge in [-0.2, -0.15) is 0 Å². The standard InChI is InChI=1S/C24H46O3/c1-7-19(5)11-13-21-23(9-3,15-17-25-21)27-24(10-4)16-18-26-22(24)14-12-20(6)8-2/h19-22H,7-18H2,1-6H3. The van der Waals surface area contributed by atoms with E-state index < -0.39 is 0 Å². The van der Waals surface area contributed by atoms with E-state index in [-0.39, 0.29) is 23.4 Å². The van der Waals surface area contributed by atoms with Crippen LogP contribution in [0.15, 0.2) is 0 Å². The molecule has 2 rings (SSSR count). The molecular weight excluding hydrogens is 336 g/mol. The first-order valence-electron chi connectivity index (χ1n) is 11.9. The predicted octanol–water partition coefficient (Wildman–Crippen LogP) is 6.53.